The van der Waals surface area contributed by atoms with Crippen LogP contribution in [0.5, 0.6) is 0 Å². The molecule has 1 atom stereocenters. The summed E-state index contributed by atoms with van der Waals surface area (Å²) in [5, 5.41) is 0. The van der Waals surface area contributed by atoms with Crippen LogP contribution in [-0.4, -0.2) is 48.4 Å². The number of hydrogen-bond acceptors (Lipinski definition) is 4. The highest BCUT2D eigenvalue weighted by Gasteiger charge is 2.42. The lowest BCUT2D eigenvalue weighted by atomic mass is 9.88. The molecule has 1 spiro atoms. The highest BCUT2D eigenvalue weighted by molar-refractivity contribution is 5.04. The maximum Gasteiger partial charge on any atom is 0.0832 e. The zero-order chi connectivity index (χ0) is 13.1. The molecule has 3 heterocycles. The number of hydrogen-bond donors (Lipinski definition) is 0. The number of methoxy groups -OCH3 is 1. The second kappa shape index (κ2) is 5.57. The van der Waals surface area contributed by atoms with Crippen molar-refractivity contribution in [1.29, 1.82) is 0 Å². The molecule has 0 radical (unpaired) electrons. The van der Waals surface area contributed by atoms with Gasteiger partial charge in [-0.05, 0) is 25.0 Å². The van der Waals surface area contributed by atoms with Crippen LogP contribution in [0.15, 0.2) is 24.4 Å². The Bertz CT molecular complexity index is 402. The third kappa shape index (κ3) is 2.96. The average molecular weight is 262 g/mol. The van der Waals surface area contributed by atoms with Crippen LogP contribution in [0.2, 0.25) is 0 Å². The fraction of sp³-hybridized carbons (Fsp3) is 0.667. The average Bonchev–Trinajstić information content (AvgIpc) is 2.86. The summed E-state index contributed by atoms with van der Waals surface area (Å²) in [5.41, 5.74) is 1.24. The van der Waals surface area contributed by atoms with E-state index in [-0.39, 0.29) is 5.60 Å². The highest BCUT2D eigenvalue weighted by atomic mass is 16.6. The second-order valence-electron chi connectivity index (χ2n) is 5.65. The normalized spacial score (nSPS) is 26.9. The lowest BCUT2D eigenvalue weighted by Crippen LogP contribution is -2.44. The van der Waals surface area contributed by atoms with Crippen molar-refractivity contribution in [3.8, 4) is 0 Å². The highest BCUT2D eigenvalue weighted by Crippen LogP contribution is 2.36. The van der Waals surface area contributed by atoms with E-state index in [0.717, 1.165) is 51.2 Å². The first-order valence-corrected chi connectivity index (χ1v) is 7.09. The SMILES string of the molecule is CO[C@H]1COC2(CCN(Cc3ccccn3)CC2)C1. The van der Waals surface area contributed by atoms with Crippen molar-refractivity contribution >= 4 is 0 Å². The molecule has 0 aliphatic carbocycles. The number of nitrogens with zero attached hydrogens (tertiary/aromatic N) is 2. The van der Waals surface area contributed by atoms with Crippen molar-refractivity contribution in [2.24, 2.45) is 0 Å². The molecule has 0 N–H and O–H groups in total. The molecule has 1 aromatic rings. The number of piperidine rings is 1. The van der Waals surface area contributed by atoms with Gasteiger partial charge in [0.25, 0.3) is 0 Å². The Labute approximate surface area is 114 Å². The van der Waals surface area contributed by atoms with E-state index in [2.05, 4.69) is 22.0 Å². The van der Waals surface area contributed by atoms with Gasteiger partial charge in [0.15, 0.2) is 0 Å². The van der Waals surface area contributed by atoms with Crippen LogP contribution in [-0.2, 0) is 16.0 Å². The molecule has 2 aliphatic rings. The Morgan fingerprint density at radius 2 is 2.26 bits per heavy atom. The van der Waals surface area contributed by atoms with Gasteiger partial charge in [-0.25, -0.2) is 0 Å². The van der Waals surface area contributed by atoms with Gasteiger partial charge >= 0.3 is 0 Å². The molecule has 2 aliphatic heterocycles. The van der Waals surface area contributed by atoms with Crippen LogP contribution in [0.25, 0.3) is 0 Å². The first-order valence-electron chi connectivity index (χ1n) is 7.09. The lowest BCUT2D eigenvalue weighted by Gasteiger charge is -2.38. The van der Waals surface area contributed by atoms with E-state index in [1.54, 1.807) is 7.11 Å². The van der Waals surface area contributed by atoms with Gasteiger partial charge in [-0.1, -0.05) is 6.07 Å². The summed E-state index contributed by atoms with van der Waals surface area (Å²) in [5.74, 6) is 0. The molecule has 2 fully saturated rings. The molecular formula is C15H22N2O2. The fourth-order valence-electron chi connectivity index (χ4n) is 3.14. The van der Waals surface area contributed by atoms with E-state index in [9.17, 15) is 0 Å². The minimum Gasteiger partial charge on any atom is -0.379 e. The van der Waals surface area contributed by atoms with Crippen LogP contribution in [0.3, 0.4) is 0 Å². The van der Waals surface area contributed by atoms with E-state index in [1.807, 2.05) is 12.3 Å². The Balaban J connectivity index is 1.53. The predicted molar refractivity (Wildman–Crippen MR) is 72.8 cm³/mol. The largest absolute Gasteiger partial charge is 0.379 e. The molecule has 0 saturated carbocycles. The molecule has 4 heteroatoms. The molecular weight excluding hydrogens is 240 g/mol. The minimum atomic E-state index is 0.0846. The Morgan fingerprint density at radius 3 is 2.89 bits per heavy atom. The van der Waals surface area contributed by atoms with Gasteiger partial charge in [0.1, 0.15) is 0 Å². The molecule has 19 heavy (non-hydrogen) atoms. The molecule has 0 amide bonds. The third-order valence-electron chi connectivity index (χ3n) is 4.39. The smallest absolute Gasteiger partial charge is 0.0832 e. The van der Waals surface area contributed by atoms with E-state index in [1.165, 1.54) is 0 Å². The maximum atomic E-state index is 6.02. The summed E-state index contributed by atoms with van der Waals surface area (Å²) in [7, 11) is 1.78. The van der Waals surface area contributed by atoms with Crippen molar-refractivity contribution in [2.75, 3.05) is 26.8 Å². The summed E-state index contributed by atoms with van der Waals surface area (Å²) in [6.07, 6.45) is 5.44. The molecule has 3 rings (SSSR count). The van der Waals surface area contributed by atoms with Crippen molar-refractivity contribution < 1.29 is 9.47 Å². The van der Waals surface area contributed by atoms with Crippen LogP contribution in [0, 0.1) is 0 Å². The van der Waals surface area contributed by atoms with E-state index < -0.39 is 0 Å². The monoisotopic (exact) mass is 262 g/mol. The molecule has 4 nitrogen and oxygen atoms in total. The zero-order valence-corrected chi connectivity index (χ0v) is 11.5. The van der Waals surface area contributed by atoms with Crippen LogP contribution >= 0.6 is 0 Å². The second-order valence-corrected chi connectivity index (χ2v) is 5.65. The first-order chi connectivity index (χ1) is 9.30. The summed E-state index contributed by atoms with van der Waals surface area (Å²) in [4.78, 5) is 6.86. The minimum absolute atomic E-state index is 0.0846. The summed E-state index contributed by atoms with van der Waals surface area (Å²) >= 11 is 0. The molecule has 0 bridgehead atoms. The number of aromatic nitrogens is 1. The molecule has 0 aromatic carbocycles. The first kappa shape index (κ1) is 13.0. The van der Waals surface area contributed by atoms with Crippen molar-refractivity contribution in [3.63, 3.8) is 0 Å². The Kier molecular flexibility index (Phi) is 3.82. The van der Waals surface area contributed by atoms with Crippen LogP contribution in [0.1, 0.15) is 25.0 Å². The standard InChI is InChI=1S/C15H22N2O2/c1-18-14-10-15(19-12-14)5-8-17(9-6-15)11-13-4-2-3-7-16-13/h2-4,7,14H,5-6,8-12H2,1H3/t14-/m1/s1. The number of likely N-dealkylation sites (tertiary alicyclic amines) is 1. The van der Waals surface area contributed by atoms with Crippen molar-refractivity contribution in [2.45, 2.75) is 37.5 Å². The van der Waals surface area contributed by atoms with E-state index in [4.69, 9.17) is 9.47 Å². The number of rotatable bonds is 3. The van der Waals surface area contributed by atoms with Gasteiger partial charge in [0, 0.05) is 39.4 Å². The molecule has 104 valence electrons. The quantitative estimate of drug-likeness (QED) is 0.832. The summed E-state index contributed by atoms with van der Waals surface area (Å²) < 4.78 is 11.4. The summed E-state index contributed by atoms with van der Waals surface area (Å²) in [6, 6.07) is 6.11. The molecule has 0 unspecified atom stereocenters. The van der Waals surface area contributed by atoms with Gasteiger partial charge in [-0.3, -0.25) is 9.88 Å². The summed E-state index contributed by atoms with van der Waals surface area (Å²) in [6.45, 7) is 3.89. The van der Waals surface area contributed by atoms with E-state index >= 15 is 0 Å². The Hall–Kier alpha value is -0.970. The van der Waals surface area contributed by atoms with Crippen LogP contribution < -0.4 is 0 Å². The predicted octanol–water partition coefficient (Wildman–Crippen LogP) is 1.85. The van der Waals surface area contributed by atoms with Gasteiger partial charge in [-0.2, -0.15) is 0 Å². The molecule has 2 saturated heterocycles. The fourth-order valence-corrected chi connectivity index (χ4v) is 3.14. The van der Waals surface area contributed by atoms with Gasteiger partial charge in [0.2, 0.25) is 0 Å². The van der Waals surface area contributed by atoms with Gasteiger partial charge < -0.3 is 9.47 Å². The Morgan fingerprint density at radius 1 is 1.42 bits per heavy atom. The van der Waals surface area contributed by atoms with Crippen molar-refractivity contribution in [1.82, 2.24) is 9.88 Å². The van der Waals surface area contributed by atoms with Gasteiger partial charge in [-0.15, -0.1) is 0 Å². The van der Waals surface area contributed by atoms with Crippen molar-refractivity contribution in [3.05, 3.63) is 30.1 Å². The number of ether oxygens (including phenoxy) is 2. The van der Waals surface area contributed by atoms with Crippen LogP contribution in [0.4, 0.5) is 0 Å². The molecule has 1 aromatic heterocycles. The lowest BCUT2D eigenvalue weighted by molar-refractivity contribution is -0.0461. The number of pyridine rings is 1. The zero-order valence-electron chi connectivity index (χ0n) is 11.5. The van der Waals surface area contributed by atoms with Gasteiger partial charge in [0.05, 0.1) is 24.0 Å². The topological polar surface area (TPSA) is 34.6 Å². The third-order valence-corrected chi connectivity index (χ3v) is 4.39. The van der Waals surface area contributed by atoms with E-state index in [0.29, 0.717) is 6.10 Å². The maximum absolute atomic E-state index is 6.02.